The molecule has 1 heterocycles. The van der Waals surface area contributed by atoms with Gasteiger partial charge in [-0.25, -0.2) is 0 Å². The van der Waals surface area contributed by atoms with Crippen LogP contribution in [-0.2, 0) is 4.79 Å². The first-order valence-corrected chi connectivity index (χ1v) is 4.35. The van der Waals surface area contributed by atoms with Crippen LogP contribution in [0.25, 0.3) is 0 Å². The molecular formula is C9H17NO. The van der Waals surface area contributed by atoms with Crippen molar-refractivity contribution in [2.45, 2.75) is 27.2 Å². The van der Waals surface area contributed by atoms with Crippen LogP contribution < -0.4 is 0 Å². The second kappa shape index (κ2) is 3.24. The summed E-state index contributed by atoms with van der Waals surface area (Å²) in [5, 5.41) is 0. The van der Waals surface area contributed by atoms with E-state index in [1.165, 1.54) is 6.42 Å². The molecule has 0 aliphatic carbocycles. The van der Waals surface area contributed by atoms with Crippen molar-refractivity contribution in [2.24, 2.45) is 11.8 Å². The van der Waals surface area contributed by atoms with Crippen LogP contribution in [0.15, 0.2) is 0 Å². The maximum Gasteiger partial charge on any atom is 0.219 e. The highest BCUT2D eigenvalue weighted by molar-refractivity contribution is 5.73. The molecule has 0 radical (unpaired) electrons. The van der Waals surface area contributed by atoms with Crippen LogP contribution in [-0.4, -0.2) is 23.9 Å². The maximum absolute atomic E-state index is 11.0. The second-order valence-corrected chi connectivity index (χ2v) is 3.87. The number of hydrogen-bond donors (Lipinski definition) is 0. The van der Waals surface area contributed by atoms with Gasteiger partial charge in [0.15, 0.2) is 0 Å². The average Bonchev–Trinajstić information content (AvgIpc) is 1.85. The van der Waals surface area contributed by atoms with Crippen LogP contribution in [0.1, 0.15) is 27.2 Å². The van der Waals surface area contributed by atoms with Gasteiger partial charge in [0.05, 0.1) is 0 Å². The van der Waals surface area contributed by atoms with Gasteiger partial charge >= 0.3 is 0 Å². The Morgan fingerprint density at radius 3 is 2.09 bits per heavy atom. The Morgan fingerprint density at radius 2 is 1.73 bits per heavy atom. The van der Waals surface area contributed by atoms with E-state index in [4.69, 9.17) is 0 Å². The van der Waals surface area contributed by atoms with Crippen LogP contribution in [0, 0.1) is 11.8 Å². The molecule has 1 aliphatic rings. The third-order valence-electron chi connectivity index (χ3n) is 2.31. The molecule has 2 atom stereocenters. The lowest BCUT2D eigenvalue weighted by atomic mass is 9.92. The Kier molecular flexibility index (Phi) is 2.53. The lowest BCUT2D eigenvalue weighted by Gasteiger charge is -2.34. The van der Waals surface area contributed by atoms with Gasteiger partial charge in [0.1, 0.15) is 0 Å². The lowest BCUT2D eigenvalue weighted by molar-refractivity contribution is -0.131. The normalized spacial score (nSPS) is 32.1. The van der Waals surface area contributed by atoms with Crippen LogP contribution >= 0.6 is 0 Å². The molecule has 0 bridgehead atoms. The van der Waals surface area contributed by atoms with Crippen LogP contribution in [0.3, 0.4) is 0 Å². The summed E-state index contributed by atoms with van der Waals surface area (Å²) in [5.41, 5.74) is 0. The van der Waals surface area contributed by atoms with Crippen molar-refractivity contribution < 1.29 is 4.79 Å². The molecule has 0 N–H and O–H groups in total. The predicted octanol–water partition coefficient (Wildman–Crippen LogP) is 1.51. The summed E-state index contributed by atoms with van der Waals surface area (Å²) in [6.07, 6.45) is 1.27. The van der Waals surface area contributed by atoms with Gasteiger partial charge in [0.25, 0.3) is 0 Å². The summed E-state index contributed by atoms with van der Waals surface area (Å²) >= 11 is 0. The fraction of sp³-hybridized carbons (Fsp3) is 0.889. The summed E-state index contributed by atoms with van der Waals surface area (Å²) < 4.78 is 0. The van der Waals surface area contributed by atoms with Crippen molar-refractivity contribution in [3.63, 3.8) is 0 Å². The fourth-order valence-corrected chi connectivity index (χ4v) is 1.92. The van der Waals surface area contributed by atoms with Gasteiger partial charge in [0, 0.05) is 20.0 Å². The largest absolute Gasteiger partial charge is 0.342 e. The van der Waals surface area contributed by atoms with Gasteiger partial charge in [0.2, 0.25) is 5.91 Å². The summed E-state index contributed by atoms with van der Waals surface area (Å²) in [5.74, 6) is 1.59. The van der Waals surface area contributed by atoms with Crippen LogP contribution in [0.5, 0.6) is 0 Å². The fourth-order valence-electron chi connectivity index (χ4n) is 1.92. The first-order chi connectivity index (χ1) is 5.09. The Hall–Kier alpha value is -0.530. The summed E-state index contributed by atoms with van der Waals surface area (Å²) in [4.78, 5) is 13.0. The number of carbonyl (C=O) groups excluding carboxylic acids is 1. The standard InChI is InChI=1S/C9H17NO/c1-7-4-8(2)6-10(5-7)9(3)11/h7-8H,4-6H2,1-3H3/t7-,8+. The molecule has 0 aromatic heterocycles. The van der Waals surface area contributed by atoms with E-state index in [1.54, 1.807) is 6.92 Å². The van der Waals surface area contributed by atoms with Crippen molar-refractivity contribution >= 4 is 5.91 Å². The molecule has 0 unspecified atom stereocenters. The van der Waals surface area contributed by atoms with Crippen LogP contribution in [0.2, 0.25) is 0 Å². The van der Waals surface area contributed by atoms with Gasteiger partial charge in [-0.1, -0.05) is 13.8 Å². The molecule has 0 spiro atoms. The van der Waals surface area contributed by atoms with E-state index in [2.05, 4.69) is 13.8 Å². The first kappa shape index (κ1) is 8.57. The molecule has 1 amide bonds. The van der Waals surface area contributed by atoms with E-state index in [-0.39, 0.29) is 5.91 Å². The first-order valence-electron chi connectivity index (χ1n) is 4.35. The van der Waals surface area contributed by atoms with Gasteiger partial charge in [-0.15, -0.1) is 0 Å². The number of carbonyl (C=O) groups is 1. The summed E-state index contributed by atoms with van der Waals surface area (Å²) in [7, 11) is 0. The van der Waals surface area contributed by atoms with Gasteiger partial charge in [-0.2, -0.15) is 0 Å². The van der Waals surface area contributed by atoms with E-state index in [1.807, 2.05) is 4.90 Å². The highest BCUT2D eigenvalue weighted by Crippen LogP contribution is 2.20. The van der Waals surface area contributed by atoms with Gasteiger partial charge < -0.3 is 4.90 Å². The predicted molar refractivity (Wildman–Crippen MR) is 45.2 cm³/mol. The van der Waals surface area contributed by atoms with Gasteiger partial charge in [-0.3, -0.25) is 4.79 Å². The van der Waals surface area contributed by atoms with Crippen molar-refractivity contribution in [3.8, 4) is 0 Å². The number of rotatable bonds is 0. The third-order valence-corrected chi connectivity index (χ3v) is 2.31. The van der Waals surface area contributed by atoms with E-state index < -0.39 is 0 Å². The Morgan fingerprint density at radius 1 is 1.27 bits per heavy atom. The molecular weight excluding hydrogens is 138 g/mol. The lowest BCUT2D eigenvalue weighted by Crippen LogP contribution is -2.41. The molecule has 1 aliphatic heterocycles. The smallest absolute Gasteiger partial charge is 0.219 e. The zero-order valence-electron chi connectivity index (χ0n) is 7.63. The minimum Gasteiger partial charge on any atom is -0.342 e. The number of likely N-dealkylation sites (tertiary alicyclic amines) is 1. The molecule has 0 saturated carbocycles. The zero-order chi connectivity index (χ0) is 8.43. The highest BCUT2D eigenvalue weighted by Gasteiger charge is 2.22. The minimum atomic E-state index is 0.225. The van der Waals surface area contributed by atoms with Crippen molar-refractivity contribution in [3.05, 3.63) is 0 Å². The van der Waals surface area contributed by atoms with Crippen LogP contribution in [0.4, 0.5) is 0 Å². The Labute approximate surface area is 68.6 Å². The number of piperidine rings is 1. The average molecular weight is 155 g/mol. The summed E-state index contributed by atoms with van der Waals surface area (Å²) in [6, 6.07) is 0. The maximum atomic E-state index is 11.0. The zero-order valence-corrected chi connectivity index (χ0v) is 7.63. The molecule has 11 heavy (non-hydrogen) atoms. The summed E-state index contributed by atoms with van der Waals surface area (Å²) in [6.45, 7) is 8.00. The molecule has 2 nitrogen and oxygen atoms in total. The molecule has 0 aromatic rings. The molecule has 1 rings (SSSR count). The van der Waals surface area contributed by atoms with Crippen molar-refractivity contribution in [1.29, 1.82) is 0 Å². The Balaban J connectivity index is 2.49. The number of hydrogen-bond acceptors (Lipinski definition) is 1. The number of nitrogens with zero attached hydrogens (tertiary/aromatic N) is 1. The van der Waals surface area contributed by atoms with E-state index >= 15 is 0 Å². The topological polar surface area (TPSA) is 20.3 Å². The van der Waals surface area contributed by atoms with E-state index in [0.717, 1.165) is 13.1 Å². The van der Waals surface area contributed by atoms with Gasteiger partial charge in [-0.05, 0) is 18.3 Å². The highest BCUT2D eigenvalue weighted by atomic mass is 16.2. The molecule has 0 aromatic carbocycles. The SMILES string of the molecule is CC(=O)N1C[C@H](C)C[C@H](C)C1. The monoisotopic (exact) mass is 155 g/mol. The third kappa shape index (κ3) is 2.21. The Bertz CT molecular complexity index is 146. The van der Waals surface area contributed by atoms with E-state index in [0.29, 0.717) is 11.8 Å². The molecule has 64 valence electrons. The number of amides is 1. The van der Waals surface area contributed by atoms with E-state index in [9.17, 15) is 4.79 Å². The molecule has 1 fully saturated rings. The molecule has 2 heteroatoms. The minimum absolute atomic E-state index is 0.225. The molecule has 1 saturated heterocycles. The second-order valence-electron chi connectivity index (χ2n) is 3.87. The quantitative estimate of drug-likeness (QED) is 0.519. The van der Waals surface area contributed by atoms with Crippen molar-refractivity contribution in [1.82, 2.24) is 4.90 Å². The van der Waals surface area contributed by atoms with Crippen molar-refractivity contribution in [2.75, 3.05) is 13.1 Å².